The molecule has 0 fully saturated rings. The topological polar surface area (TPSA) is 76.1 Å². The van der Waals surface area contributed by atoms with Crippen molar-refractivity contribution in [3.05, 3.63) is 71.0 Å². The zero-order valence-corrected chi connectivity index (χ0v) is 16.5. The van der Waals surface area contributed by atoms with Gasteiger partial charge in [0.1, 0.15) is 11.4 Å². The van der Waals surface area contributed by atoms with Crippen molar-refractivity contribution in [1.29, 1.82) is 0 Å². The van der Waals surface area contributed by atoms with Crippen molar-refractivity contribution in [2.75, 3.05) is 17.2 Å². The molecule has 0 bridgehead atoms. The van der Waals surface area contributed by atoms with Gasteiger partial charge < -0.3 is 15.4 Å². The first-order valence-electron chi connectivity index (χ1n) is 9.19. The molecule has 2 N–H and O–H groups in total. The molecule has 3 aromatic rings. The average molecular weight is 376 g/mol. The maximum Gasteiger partial charge on any atom is 0.274 e. The van der Waals surface area contributed by atoms with E-state index in [-0.39, 0.29) is 11.6 Å². The molecule has 1 aromatic heterocycles. The van der Waals surface area contributed by atoms with E-state index in [1.54, 1.807) is 12.1 Å². The first kappa shape index (κ1) is 19.4. The van der Waals surface area contributed by atoms with Gasteiger partial charge in [0.2, 0.25) is 5.95 Å². The molecule has 0 spiro atoms. The van der Waals surface area contributed by atoms with Crippen LogP contribution in [0.15, 0.2) is 48.5 Å². The highest BCUT2D eigenvalue weighted by Crippen LogP contribution is 2.24. The fraction of sp³-hybridized carbons (Fsp3) is 0.227. The summed E-state index contributed by atoms with van der Waals surface area (Å²) in [6.07, 6.45) is 0. The second-order valence-electron chi connectivity index (χ2n) is 6.54. The Morgan fingerprint density at radius 3 is 2.54 bits per heavy atom. The molecule has 1 amide bonds. The smallest absolute Gasteiger partial charge is 0.274 e. The van der Waals surface area contributed by atoms with E-state index in [9.17, 15) is 4.79 Å². The molecule has 144 valence electrons. The first-order chi connectivity index (χ1) is 13.5. The lowest BCUT2D eigenvalue weighted by molar-refractivity contribution is 0.102. The third-order valence-corrected chi connectivity index (χ3v) is 4.15. The number of para-hydroxylation sites is 2. The lowest BCUT2D eigenvalue weighted by Gasteiger charge is -2.13. The average Bonchev–Trinajstić information content (AvgIpc) is 2.65. The molecule has 1 heterocycles. The van der Waals surface area contributed by atoms with Gasteiger partial charge in [-0.1, -0.05) is 29.8 Å². The maximum atomic E-state index is 12.8. The highest BCUT2D eigenvalue weighted by molar-refractivity contribution is 6.03. The van der Waals surface area contributed by atoms with Crippen LogP contribution in [0.1, 0.15) is 34.2 Å². The molecular weight excluding hydrogens is 352 g/mol. The van der Waals surface area contributed by atoms with E-state index < -0.39 is 0 Å². The Balaban J connectivity index is 1.84. The normalized spacial score (nSPS) is 10.4. The van der Waals surface area contributed by atoms with Gasteiger partial charge in [0, 0.05) is 11.4 Å². The van der Waals surface area contributed by atoms with E-state index in [4.69, 9.17) is 4.74 Å². The summed E-state index contributed by atoms with van der Waals surface area (Å²) in [5.74, 6) is 0.689. The minimum Gasteiger partial charge on any atom is -0.492 e. The number of nitrogens with zero attached hydrogens (tertiary/aromatic N) is 2. The zero-order chi connectivity index (χ0) is 20.1. The Morgan fingerprint density at radius 2 is 1.79 bits per heavy atom. The maximum absolute atomic E-state index is 12.8. The number of hydrogen-bond acceptors (Lipinski definition) is 5. The Hall–Kier alpha value is -3.41. The van der Waals surface area contributed by atoms with Crippen LogP contribution in [0.2, 0.25) is 0 Å². The molecular formula is C22H24N4O2. The molecule has 28 heavy (non-hydrogen) atoms. The van der Waals surface area contributed by atoms with E-state index in [0.717, 1.165) is 11.3 Å². The van der Waals surface area contributed by atoms with Gasteiger partial charge in [0.15, 0.2) is 0 Å². The molecule has 0 saturated carbocycles. The fourth-order valence-corrected chi connectivity index (χ4v) is 2.85. The van der Waals surface area contributed by atoms with Crippen molar-refractivity contribution in [1.82, 2.24) is 9.97 Å². The molecule has 6 heteroatoms. The predicted octanol–water partition coefficient (Wildman–Crippen LogP) is 4.80. The van der Waals surface area contributed by atoms with E-state index in [0.29, 0.717) is 29.7 Å². The van der Waals surface area contributed by atoms with Crippen LogP contribution in [0.4, 0.5) is 17.3 Å². The number of amides is 1. The van der Waals surface area contributed by atoms with Gasteiger partial charge in [0.25, 0.3) is 5.91 Å². The van der Waals surface area contributed by atoms with E-state index in [1.165, 1.54) is 5.56 Å². The van der Waals surface area contributed by atoms with E-state index in [2.05, 4.69) is 26.7 Å². The van der Waals surface area contributed by atoms with Crippen LogP contribution in [-0.2, 0) is 0 Å². The van der Waals surface area contributed by atoms with Crippen molar-refractivity contribution in [2.45, 2.75) is 27.7 Å². The molecule has 0 aliphatic carbocycles. The minimum atomic E-state index is -0.318. The van der Waals surface area contributed by atoms with Gasteiger partial charge in [-0.05, 0) is 57.5 Å². The summed E-state index contributed by atoms with van der Waals surface area (Å²) in [5.41, 5.74) is 4.76. The lowest BCUT2D eigenvalue weighted by Crippen LogP contribution is -2.16. The standard InChI is InChI=1S/C22H24N4O2/c1-5-28-20-9-7-6-8-18(20)24-21(27)19-13-16(4)23-22(26-19)25-17-11-10-14(2)12-15(17)3/h6-13H,5H2,1-4H3,(H,24,27)(H,23,25,26). The van der Waals surface area contributed by atoms with Crippen LogP contribution < -0.4 is 15.4 Å². The molecule has 0 aliphatic rings. The minimum absolute atomic E-state index is 0.283. The van der Waals surface area contributed by atoms with Gasteiger partial charge in [0.05, 0.1) is 12.3 Å². The third-order valence-electron chi connectivity index (χ3n) is 4.15. The van der Waals surface area contributed by atoms with Crippen LogP contribution in [0, 0.1) is 20.8 Å². The number of aryl methyl sites for hydroxylation is 3. The monoisotopic (exact) mass is 376 g/mol. The van der Waals surface area contributed by atoms with E-state index >= 15 is 0 Å². The summed E-state index contributed by atoms with van der Waals surface area (Å²) in [7, 11) is 0. The highest BCUT2D eigenvalue weighted by atomic mass is 16.5. The Kier molecular flexibility index (Phi) is 5.89. The summed E-state index contributed by atoms with van der Waals surface area (Å²) in [5, 5.41) is 6.07. The molecule has 0 saturated heterocycles. The number of aromatic nitrogens is 2. The Labute approximate surface area is 165 Å². The second kappa shape index (κ2) is 8.52. The number of ether oxygens (including phenoxy) is 1. The SMILES string of the molecule is CCOc1ccccc1NC(=O)c1cc(C)nc(Nc2ccc(C)cc2C)n1. The van der Waals surface area contributed by atoms with Crippen molar-refractivity contribution in [2.24, 2.45) is 0 Å². The molecule has 0 radical (unpaired) electrons. The first-order valence-corrected chi connectivity index (χ1v) is 9.19. The summed E-state index contributed by atoms with van der Waals surface area (Å²) in [6, 6.07) is 15.1. The predicted molar refractivity (Wildman–Crippen MR) is 112 cm³/mol. The van der Waals surface area contributed by atoms with Gasteiger partial charge >= 0.3 is 0 Å². The Morgan fingerprint density at radius 1 is 1.00 bits per heavy atom. The number of nitrogens with one attached hydrogen (secondary N) is 2. The van der Waals surface area contributed by atoms with Gasteiger partial charge in [-0.25, -0.2) is 9.97 Å². The largest absolute Gasteiger partial charge is 0.492 e. The highest BCUT2D eigenvalue weighted by Gasteiger charge is 2.14. The fourth-order valence-electron chi connectivity index (χ4n) is 2.85. The number of carbonyl (C=O) groups excluding carboxylic acids is 1. The Bertz CT molecular complexity index is 1000. The molecule has 6 nitrogen and oxygen atoms in total. The quantitative estimate of drug-likeness (QED) is 0.646. The summed E-state index contributed by atoms with van der Waals surface area (Å²) in [6.45, 7) is 8.31. The molecule has 2 aromatic carbocycles. The summed E-state index contributed by atoms with van der Waals surface area (Å²) < 4.78 is 5.56. The molecule has 3 rings (SSSR count). The van der Waals surface area contributed by atoms with Crippen molar-refractivity contribution in [3.8, 4) is 5.75 Å². The third kappa shape index (κ3) is 4.65. The van der Waals surface area contributed by atoms with Crippen LogP contribution in [0.5, 0.6) is 5.75 Å². The number of carbonyl (C=O) groups is 1. The number of hydrogen-bond donors (Lipinski definition) is 2. The zero-order valence-electron chi connectivity index (χ0n) is 16.5. The summed E-state index contributed by atoms with van der Waals surface area (Å²) in [4.78, 5) is 21.5. The van der Waals surface area contributed by atoms with Gasteiger partial charge in [-0.3, -0.25) is 4.79 Å². The van der Waals surface area contributed by atoms with Crippen LogP contribution >= 0.6 is 0 Å². The number of benzene rings is 2. The lowest BCUT2D eigenvalue weighted by atomic mass is 10.1. The van der Waals surface area contributed by atoms with Crippen molar-refractivity contribution in [3.63, 3.8) is 0 Å². The van der Waals surface area contributed by atoms with Crippen LogP contribution in [0.3, 0.4) is 0 Å². The molecule has 0 atom stereocenters. The van der Waals surface area contributed by atoms with Gasteiger partial charge in [-0.15, -0.1) is 0 Å². The number of rotatable bonds is 6. The molecule has 0 aliphatic heterocycles. The van der Waals surface area contributed by atoms with Gasteiger partial charge in [-0.2, -0.15) is 0 Å². The van der Waals surface area contributed by atoms with Crippen LogP contribution in [0.25, 0.3) is 0 Å². The van der Waals surface area contributed by atoms with Crippen molar-refractivity contribution >= 4 is 23.2 Å². The summed E-state index contributed by atoms with van der Waals surface area (Å²) >= 11 is 0. The van der Waals surface area contributed by atoms with E-state index in [1.807, 2.05) is 58.0 Å². The van der Waals surface area contributed by atoms with Crippen LogP contribution in [-0.4, -0.2) is 22.5 Å². The molecule has 0 unspecified atom stereocenters. The van der Waals surface area contributed by atoms with Crippen molar-refractivity contribution < 1.29 is 9.53 Å². The number of anilines is 3. The second-order valence-corrected chi connectivity index (χ2v) is 6.54.